The molecule has 1 saturated carbocycles. The molecule has 0 heterocycles. The minimum Gasteiger partial charge on any atom is -0.444 e. The fraction of sp³-hybridized carbons (Fsp3) is 0.917. The number of nitrogens with zero attached hydrogens (tertiary/aromatic N) is 1. The van der Waals surface area contributed by atoms with Gasteiger partial charge in [-0.25, -0.2) is 4.79 Å². The molecule has 94 valence electrons. The van der Waals surface area contributed by atoms with E-state index in [0.717, 1.165) is 19.3 Å². The second-order valence-electron chi connectivity index (χ2n) is 5.61. The predicted molar refractivity (Wildman–Crippen MR) is 64.2 cm³/mol. The first kappa shape index (κ1) is 13.3. The van der Waals surface area contributed by atoms with Gasteiger partial charge in [0, 0.05) is 19.1 Å². The van der Waals surface area contributed by atoms with Gasteiger partial charge in [0.1, 0.15) is 5.60 Å². The summed E-state index contributed by atoms with van der Waals surface area (Å²) in [5, 5.41) is 0. The number of amides is 1. The van der Waals surface area contributed by atoms with E-state index in [1.807, 2.05) is 20.8 Å². The van der Waals surface area contributed by atoms with Gasteiger partial charge in [-0.3, -0.25) is 0 Å². The Bertz CT molecular complexity index is 248. The topological polar surface area (TPSA) is 55.6 Å². The summed E-state index contributed by atoms with van der Waals surface area (Å²) in [5.41, 5.74) is 5.59. The van der Waals surface area contributed by atoms with Crippen molar-refractivity contribution in [3.8, 4) is 0 Å². The summed E-state index contributed by atoms with van der Waals surface area (Å²) in [4.78, 5) is 13.5. The highest BCUT2D eigenvalue weighted by molar-refractivity contribution is 5.68. The first-order valence-corrected chi connectivity index (χ1v) is 6.02. The van der Waals surface area contributed by atoms with Crippen LogP contribution in [0, 0.1) is 0 Å². The lowest BCUT2D eigenvalue weighted by atomic mass is 9.90. The lowest BCUT2D eigenvalue weighted by Gasteiger charge is -2.36. The Morgan fingerprint density at radius 3 is 2.38 bits per heavy atom. The van der Waals surface area contributed by atoms with Crippen LogP contribution in [-0.2, 0) is 4.74 Å². The Morgan fingerprint density at radius 1 is 1.31 bits per heavy atom. The molecule has 2 atom stereocenters. The first-order chi connectivity index (χ1) is 7.31. The van der Waals surface area contributed by atoms with E-state index in [1.165, 1.54) is 6.42 Å². The molecule has 1 aliphatic carbocycles. The van der Waals surface area contributed by atoms with Crippen LogP contribution in [0.1, 0.15) is 46.5 Å². The maximum atomic E-state index is 11.9. The zero-order valence-electron chi connectivity index (χ0n) is 10.8. The van der Waals surface area contributed by atoms with Gasteiger partial charge in [0.05, 0.1) is 0 Å². The van der Waals surface area contributed by atoms with Crippen molar-refractivity contribution < 1.29 is 9.53 Å². The minimum absolute atomic E-state index is 0.0891. The molecule has 0 saturated heterocycles. The standard InChI is InChI=1S/C12H24N2O2/c1-12(2,3)16-11(15)14(4)10-8-6-5-7-9(10)13/h9-10H,5-8,13H2,1-4H3/t9-,10+/m1/s1. The molecule has 1 fully saturated rings. The van der Waals surface area contributed by atoms with Crippen molar-refractivity contribution in [2.24, 2.45) is 5.73 Å². The molecule has 0 aliphatic heterocycles. The van der Waals surface area contributed by atoms with Crippen LogP contribution in [0.2, 0.25) is 0 Å². The van der Waals surface area contributed by atoms with E-state index < -0.39 is 5.60 Å². The fourth-order valence-corrected chi connectivity index (χ4v) is 2.09. The smallest absolute Gasteiger partial charge is 0.410 e. The van der Waals surface area contributed by atoms with Crippen LogP contribution >= 0.6 is 0 Å². The van der Waals surface area contributed by atoms with Gasteiger partial charge in [0.15, 0.2) is 0 Å². The average Bonchev–Trinajstić information content (AvgIpc) is 2.15. The van der Waals surface area contributed by atoms with Gasteiger partial charge in [0.2, 0.25) is 0 Å². The molecule has 0 aromatic heterocycles. The van der Waals surface area contributed by atoms with Crippen molar-refractivity contribution in [3.63, 3.8) is 0 Å². The molecular formula is C12H24N2O2. The maximum absolute atomic E-state index is 11.9. The van der Waals surface area contributed by atoms with E-state index in [2.05, 4.69) is 0 Å². The van der Waals surface area contributed by atoms with Crippen LogP contribution < -0.4 is 5.73 Å². The van der Waals surface area contributed by atoms with Gasteiger partial charge in [0.25, 0.3) is 0 Å². The third-order valence-corrected chi connectivity index (χ3v) is 2.96. The van der Waals surface area contributed by atoms with Gasteiger partial charge < -0.3 is 15.4 Å². The number of ether oxygens (including phenoxy) is 1. The molecule has 1 amide bonds. The SMILES string of the molecule is CN(C(=O)OC(C)(C)C)[C@H]1CCCC[C@H]1N. The minimum atomic E-state index is -0.440. The molecule has 4 nitrogen and oxygen atoms in total. The van der Waals surface area contributed by atoms with Crippen LogP contribution in [0.5, 0.6) is 0 Å². The van der Waals surface area contributed by atoms with E-state index in [0.29, 0.717) is 0 Å². The number of carbonyl (C=O) groups excluding carboxylic acids is 1. The van der Waals surface area contributed by atoms with Crippen molar-refractivity contribution in [2.45, 2.75) is 64.1 Å². The summed E-state index contributed by atoms with van der Waals surface area (Å²) in [6.45, 7) is 5.62. The van der Waals surface area contributed by atoms with Gasteiger partial charge in [-0.05, 0) is 33.6 Å². The molecule has 0 spiro atoms. The van der Waals surface area contributed by atoms with Gasteiger partial charge in [-0.2, -0.15) is 0 Å². The molecule has 1 aliphatic rings. The summed E-state index contributed by atoms with van der Waals surface area (Å²) >= 11 is 0. The molecule has 0 aromatic carbocycles. The number of hydrogen-bond donors (Lipinski definition) is 1. The molecule has 0 unspecified atom stereocenters. The zero-order valence-corrected chi connectivity index (χ0v) is 10.8. The van der Waals surface area contributed by atoms with Crippen molar-refractivity contribution in [1.82, 2.24) is 4.90 Å². The summed E-state index contributed by atoms with van der Waals surface area (Å²) in [6, 6.07) is 0.217. The second kappa shape index (κ2) is 5.04. The Balaban J connectivity index is 2.55. The summed E-state index contributed by atoms with van der Waals surface area (Å²) in [7, 11) is 1.78. The van der Waals surface area contributed by atoms with Crippen molar-refractivity contribution in [3.05, 3.63) is 0 Å². The quantitative estimate of drug-likeness (QED) is 0.748. The lowest BCUT2D eigenvalue weighted by Crippen LogP contribution is -2.51. The van der Waals surface area contributed by atoms with E-state index in [-0.39, 0.29) is 18.2 Å². The monoisotopic (exact) mass is 228 g/mol. The Kier molecular flexibility index (Phi) is 4.19. The molecule has 4 heteroatoms. The number of carbonyl (C=O) groups is 1. The highest BCUT2D eigenvalue weighted by Crippen LogP contribution is 2.22. The lowest BCUT2D eigenvalue weighted by molar-refractivity contribution is 0.0167. The number of nitrogens with two attached hydrogens (primary N) is 1. The maximum Gasteiger partial charge on any atom is 0.410 e. The van der Waals surface area contributed by atoms with Crippen LogP contribution in [0.15, 0.2) is 0 Å². The van der Waals surface area contributed by atoms with Crippen molar-refractivity contribution in [1.29, 1.82) is 0 Å². The molecule has 16 heavy (non-hydrogen) atoms. The van der Waals surface area contributed by atoms with Crippen molar-refractivity contribution in [2.75, 3.05) is 7.05 Å². The molecule has 1 rings (SSSR count). The molecule has 2 N–H and O–H groups in total. The molecule has 0 aromatic rings. The fourth-order valence-electron chi connectivity index (χ4n) is 2.09. The van der Waals surface area contributed by atoms with Gasteiger partial charge >= 0.3 is 6.09 Å². The molecule has 0 bridgehead atoms. The van der Waals surface area contributed by atoms with Crippen LogP contribution in [0.25, 0.3) is 0 Å². The Hall–Kier alpha value is -0.770. The molecule has 0 radical (unpaired) electrons. The number of hydrogen-bond acceptors (Lipinski definition) is 3. The summed E-state index contributed by atoms with van der Waals surface area (Å²) < 4.78 is 5.33. The van der Waals surface area contributed by atoms with Gasteiger partial charge in [-0.15, -0.1) is 0 Å². The number of likely N-dealkylation sites (N-methyl/N-ethyl adjacent to an activating group) is 1. The van der Waals surface area contributed by atoms with Crippen LogP contribution in [-0.4, -0.2) is 35.7 Å². The normalized spacial score (nSPS) is 26.3. The predicted octanol–water partition coefficient (Wildman–Crippen LogP) is 2.12. The second-order valence-corrected chi connectivity index (χ2v) is 5.61. The molecular weight excluding hydrogens is 204 g/mol. The van der Waals surface area contributed by atoms with E-state index in [1.54, 1.807) is 11.9 Å². The van der Waals surface area contributed by atoms with Crippen LogP contribution in [0.3, 0.4) is 0 Å². The Labute approximate surface area is 98.1 Å². The van der Waals surface area contributed by atoms with E-state index >= 15 is 0 Å². The highest BCUT2D eigenvalue weighted by Gasteiger charge is 2.30. The largest absolute Gasteiger partial charge is 0.444 e. The van der Waals surface area contributed by atoms with E-state index in [4.69, 9.17) is 10.5 Å². The summed E-state index contributed by atoms with van der Waals surface area (Å²) in [6.07, 6.45) is 4.02. The number of rotatable bonds is 1. The third kappa shape index (κ3) is 3.67. The first-order valence-electron chi connectivity index (χ1n) is 6.02. The average molecular weight is 228 g/mol. The van der Waals surface area contributed by atoms with Gasteiger partial charge in [-0.1, -0.05) is 12.8 Å². The van der Waals surface area contributed by atoms with E-state index in [9.17, 15) is 4.79 Å². The zero-order chi connectivity index (χ0) is 12.3. The Morgan fingerprint density at radius 2 is 1.88 bits per heavy atom. The van der Waals surface area contributed by atoms with Crippen molar-refractivity contribution >= 4 is 6.09 Å². The highest BCUT2D eigenvalue weighted by atomic mass is 16.6. The third-order valence-electron chi connectivity index (χ3n) is 2.96. The van der Waals surface area contributed by atoms with Crippen LogP contribution in [0.4, 0.5) is 4.79 Å². The summed E-state index contributed by atoms with van der Waals surface area (Å²) in [5.74, 6) is 0.